The van der Waals surface area contributed by atoms with Crippen molar-refractivity contribution < 1.29 is 5.11 Å². The normalized spacial score (nSPS) is 11.3. The Morgan fingerprint density at radius 1 is 1.00 bits per heavy atom. The van der Waals surface area contributed by atoms with Crippen LogP contribution in [0.1, 0.15) is 11.4 Å². The second-order valence-corrected chi connectivity index (χ2v) is 4.91. The van der Waals surface area contributed by atoms with Crippen LogP contribution < -0.4 is 5.56 Å². The molecule has 0 unspecified atom stereocenters. The molecule has 0 bridgehead atoms. The van der Waals surface area contributed by atoms with Gasteiger partial charge in [0.25, 0.3) is 5.56 Å². The number of hydrogen-bond donors (Lipinski definition) is 1. The number of nitrogens with zero attached hydrogens (tertiary/aromatic N) is 2. The van der Waals surface area contributed by atoms with Crippen LogP contribution in [0.4, 0.5) is 0 Å². The van der Waals surface area contributed by atoms with E-state index in [1.54, 1.807) is 12.1 Å². The minimum atomic E-state index is -0.132. The Bertz CT molecular complexity index is 867. The molecule has 1 heterocycles. The molecule has 0 aliphatic carbocycles. The number of rotatable bonds is 4. The predicted molar refractivity (Wildman–Crippen MR) is 88.5 cm³/mol. The van der Waals surface area contributed by atoms with Gasteiger partial charge in [0.1, 0.15) is 5.82 Å². The first kappa shape index (κ1) is 14.2. The number of hydrogen-bond acceptors (Lipinski definition) is 3. The van der Waals surface area contributed by atoms with Crippen LogP contribution in [-0.4, -0.2) is 21.3 Å². The number of fused-ring (bicyclic) bond motifs is 1. The Morgan fingerprint density at radius 2 is 1.73 bits per heavy atom. The van der Waals surface area contributed by atoms with Crippen molar-refractivity contribution in [3.05, 3.63) is 76.3 Å². The summed E-state index contributed by atoms with van der Waals surface area (Å²) >= 11 is 0. The number of benzene rings is 2. The number of aromatic nitrogens is 2. The summed E-state index contributed by atoms with van der Waals surface area (Å²) in [6.07, 6.45) is 3.71. The maximum absolute atomic E-state index is 12.5. The molecule has 110 valence electrons. The van der Waals surface area contributed by atoms with E-state index in [9.17, 15) is 9.90 Å². The lowest BCUT2D eigenvalue weighted by molar-refractivity contribution is 0.273. The summed E-state index contributed by atoms with van der Waals surface area (Å²) in [5.41, 5.74) is 1.56. The van der Waals surface area contributed by atoms with Crippen LogP contribution in [-0.2, 0) is 6.54 Å². The molecule has 0 radical (unpaired) electrons. The van der Waals surface area contributed by atoms with Crippen molar-refractivity contribution in [2.45, 2.75) is 6.54 Å². The van der Waals surface area contributed by atoms with Gasteiger partial charge in [-0.2, -0.15) is 0 Å². The highest BCUT2D eigenvalue weighted by Crippen LogP contribution is 2.11. The molecular formula is C18H16N2O2. The Morgan fingerprint density at radius 3 is 2.50 bits per heavy atom. The fourth-order valence-corrected chi connectivity index (χ4v) is 2.36. The molecular weight excluding hydrogens is 276 g/mol. The smallest absolute Gasteiger partial charge is 0.261 e. The van der Waals surface area contributed by atoms with Gasteiger partial charge in [-0.05, 0) is 23.8 Å². The lowest BCUT2D eigenvalue weighted by Crippen LogP contribution is -2.25. The molecule has 1 aromatic heterocycles. The molecule has 2 aromatic carbocycles. The SMILES string of the molecule is O=c1c2ccccc2nc(C=Cc2ccccc2)n1CCO. The van der Waals surface area contributed by atoms with Gasteiger partial charge in [0.2, 0.25) is 0 Å². The fourth-order valence-electron chi connectivity index (χ4n) is 2.36. The average Bonchev–Trinajstić information content (AvgIpc) is 2.57. The molecule has 0 fully saturated rings. The van der Waals surface area contributed by atoms with E-state index in [0.717, 1.165) is 5.56 Å². The van der Waals surface area contributed by atoms with Crippen molar-refractivity contribution in [1.29, 1.82) is 0 Å². The molecule has 0 atom stereocenters. The van der Waals surface area contributed by atoms with Gasteiger partial charge < -0.3 is 5.11 Å². The maximum Gasteiger partial charge on any atom is 0.261 e. The second kappa shape index (κ2) is 6.37. The van der Waals surface area contributed by atoms with Gasteiger partial charge >= 0.3 is 0 Å². The monoisotopic (exact) mass is 292 g/mol. The summed E-state index contributed by atoms with van der Waals surface area (Å²) < 4.78 is 1.50. The Kier molecular flexibility index (Phi) is 4.12. The van der Waals surface area contributed by atoms with Crippen LogP contribution in [0.25, 0.3) is 23.1 Å². The lowest BCUT2D eigenvalue weighted by Gasteiger charge is -2.09. The summed E-state index contributed by atoms with van der Waals surface area (Å²) in [7, 11) is 0. The zero-order valence-corrected chi connectivity index (χ0v) is 12.0. The summed E-state index contributed by atoms with van der Waals surface area (Å²) in [5, 5.41) is 9.78. The van der Waals surface area contributed by atoms with E-state index >= 15 is 0 Å². The molecule has 0 saturated carbocycles. The number of para-hydroxylation sites is 1. The molecule has 0 aliphatic rings. The number of aliphatic hydroxyl groups excluding tert-OH is 1. The van der Waals surface area contributed by atoms with Gasteiger partial charge in [-0.25, -0.2) is 4.98 Å². The molecule has 3 rings (SSSR count). The molecule has 0 amide bonds. The molecule has 4 heteroatoms. The van der Waals surface area contributed by atoms with E-state index in [2.05, 4.69) is 4.98 Å². The predicted octanol–water partition coefficient (Wildman–Crippen LogP) is 2.56. The van der Waals surface area contributed by atoms with Crippen molar-refractivity contribution in [1.82, 2.24) is 9.55 Å². The van der Waals surface area contributed by atoms with Crippen LogP contribution in [0.15, 0.2) is 59.4 Å². The fraction of sp³-hybridized carbons (Fsp3) is 0.111. The standard InChI is InChI=1S/C18H16N2O2/c21-13-12-20-17(11-10-14-6-2-1-3-7-14)19-16-9-5-4-8-15(16)18(20)22/h1-11,21H,12-13H2. The highest BCUT2D eigenvalue weighted by Gasteiger charge is 2.08. The van der Waals surface area contributed by atoms with Gasteiger partial charge in [0.05, 0.1) is 24.1 Å². The molecule has 0 spiro atoms. The lowest BCUT2D eigenvalue weighted by atomic mass is 10.2. The topological polar surface area (TPSA) is 55.1 Å². The van der Waals surface area contributed by atoms with Crippen LogP contribution in [0.2, 0.25) is 0 Å². The van der Waals surface area contributed by atoms with Crippen LogP contribution in [0.5, 0.6) is 0 Å². The summed E-state index contributed by atoms with van der Waals surface area (Å²) in [6, 6.07) is 17.1. The van der Waals surface area contributed by atoms with E-state index in [4.69, 9.17) is 0 Å². The zero-order valence-electron chi connectivity index (χ0n) is 12.0. The van der Waals surface area contributed by atoms with Crippen molar-refractivity contribution in [3.8, 4) is 0 Å². The van der Waals surface area contributed by atoms with Gasteiger partial charge in [-0.1, -0.05) is 48.5 Å². The first-order chi connectivity index (χ1) is 10.8. The Hall–Kier alpha value is -2.72. The Labute approximate surface area is 128 Å². The maximum atomic E-state index is 12.5. The molecule has 22 heavy (non-hydrogen) atoms. The summed E-state index contributed by atoms with van der Waals surface area (Å²) in [6.45, 7) is 0.122. The third-order valence-corrected chi connectivity index (χ3v) is 3.44. The van der Waals surface area contributed by atoms with E-state index in [0.29, 0.717) is 16.7 Å². The number of aliphatic hydroxyl groups is 1. The van der Waals surface area contributed by atoms with Crippen LogP contribution >= 0.6 is 0 Å². The minimum absolute atomic E-state index is 0.105. The minimum Gasteiger partial charge on any atom is -0.395 e. The largest absolute Gasteiger partial charge is 0.395 e. The highest BCUT2D eigenvalue weighted by molar-refractivity contribution is 5.79. The molecule has 4 nitrogen and oxygen atoms in total. The first-order valence-corrected chi connectivity index (χ1v) is 7.13. The van der Waals surface area contributed by atoms with Crippen molar-refractivity contribution in [2.24, 2.45) is 0 Å². The van der Waals surface area contributed by atoms with Crippen molar-refractivity contribution in [2.75, 3.05) is 6.61 Å². The molecule has 1 N–H and O–H groups in total. The van der Waals surface area contributed by atoms with Crippen molar-refractivity contribution in [3.63, 3.8) is 0 Å². The molecule has 0 aliphatic heterocycles. The molecule has 0 saturated heterocycles. The third-order valence-electron chi connectivity index (χ3n) is 3.44. The van der Waals surface area contributed by atoms with E-state index in [1.165, 1.54) is 4.57 Å². The third kappa shape index (κ3) is 2.82. The first-order valence-electron chi connectivity index (χ1n) is 7.13. The van der Waals surface area contributed by atoms with Gasteiger partial charge in [0.15, 0.2) is 0 Å². The quantitative estimate of drug-likeness (QED) is 0.804. The Balaban J connectivity index is 2.13. The zero-order chi connectivity index (χ0) is 15.4. The summed E-state index contributed by atoms with van der Waals surface area (Å²) in [5.74, 6) is 0.543. The van der Waals surface area contributed by atoms with Crippen LogP contribution in [0.3, 0.4) is 0 Å². The van der Waals surface area contributed by atoms with Gasteiger partial charge in [-0.15, -0.1) is 0 Å². The van der Waals surface area contributed by atoms with Crippen molar-refractivity contribution >= 4 is 23.1 Å². The molecule has 3 aromatic rings. The van der Waals surface area contributed by atoms with E-state index in [-0.39, 0.29) is 18.7 Å². The highest BCUT2D eigenvalue weighted by atomic mass is 16.3. The second-order valence-electron chi connectivity index (χ2n) is 4.91. The van der Waals surface area contributed by atoms with Gasteiger partial charge in [-0.3, -0.25) is 9.36 Å². The van der Waals surface area contributed by atoms with E-state index in [1.807, 2.05) is 54.6 Å². The summed E-state index contributed by atoms with van der Waals surface area (Å²) in [4.78, 5) is 17.1. The van der Waals surface area contributed by atoms with Gasteiger partial charge in [0, 0.05) is 0 Å². The van der Waals surface area contributed by atoms with E-state index < -0.39 is 0 Å². The average molecular weight is 292 g/mol. The van der Waals surface area contributed by atoms with Crippen LogP contribution in [0, 0.1) is 0 Å².